The van der Waals surface area contributed by atoms with Crippen LogP contribution < -0.4 is 10.9 Å². The van der Waals surface area contributed by atoms with Crippen molar-refractivity contribution >= 4 is 21.6 Å². The Hall–Kier alpha value is -1.67. The third-order valence-corrected chi connectivity index (χ3v) is 3.64. The quantitative estimate of drug-likeness (QED) is 0.848. The first kappa shape index (κ1) is 14.7. The standard InChI is InChI=1S/C12H16BrN5O2/c1-17-9(3-4-15-17)7-14-10-8-16-18(5-6-20-2)12(19)11(10)13/h3-4,8,14H,5-7H2,1-2H3. The summed E-state index contributed by atoms with van der Waals surface area (Å²) in [6.45, 7) is 1.44. The van der Waals surface area contributed by atoms with Crippen molar-refractivity contribution in [2.45, 2.75) is 13.1 Å². The maximum Gasteiger partial charge on any atom is 0.283 e. The van der Waals surface area contributed by atoms with Gasteiger partial charge in [0.1, 0.15) is 4.47 Å². The molecule has 1 N–H and O–H groups in total. The number of aryl methyl sites for hydroxylation is 1. The van der Waals surface area contributed by atoms with Crippen molar-refractivity contribution in [3.63, 3.8) is 0 Å². The fourth-order valence-corrected chi connectivity index (χ4v) is 2.13. The summed E-state index contributed by atoms with van der Waals surface area (Å²) >= 11 is 3.31. The van der Waals surface area contributed by atoms with Crippen LogP contribution in [0.5, 0.6) is 0 Å². The van der Waals surface area contributed by atoms with Crippen LogP contribution in [0.4, 0.5) is 5.69 Å². The second-order valence-corrected chi connectivity index (χ2v) is 4.99. The Bertz CT molecular complexity index is 637. The molecule has 0 atom stereocenters. The van der Waals surface area contributed by atoms with E-state index in [0.717, 1.165) is 5.69 Å². The Morgan fingerprint density at radius 1 is 1.45 bits per heavy atom. The van der Waals surface area contributed by atoms with E-state index in [1.807, 2.05) is 13.1 Å². The van der Waals surface area contributed by atoms with E-state index in [2.05, 4.69) is 31.4 Å². The Balaban J connectivity index is 2.11. The zero-order chi connectivity index (χ0) is 14.5. The van der Waals surface area contributed by atoms with Crippen molar-refractivity contribution in [3.05, 3.63) is 39.0 Å². The number of halogens is 1. The summed E-state index contributed by atoms with van der Waals surface area (Å²) < 4.78 is 8.54. The molecule has 20 heavy (non-hydrogen) atoms. The molecule has 2 rings (SSSR count). The first-order valence-electron chi connectivity index (χ1n) is 6.08. The molecule has 0 amide bonds. The molecular weight excluding hydrogens is 326 g/mol. The number of nitrogens with zero attached hydrogens (tertiary/aromatic N) is 4. The molecule has 7 nitrogen and oxygen atoms in total. The lowest BCUT2D eigenvalue weighted by Gasteiger charge is -2.10. The van der Waals surface area contributed by atoms with E-state index in [0.29, 0.717) is 29.9 Å². The molecule has 0 saturated carbocycles. The second-order valence-electron chi connectivity index (χ2n) is 4.19. The van der Waals surface area contributed by atoms with Crippen molar-refractivity contribution in [2.24, 2.45) is 7.05 Å². The Morgan fingerprint density at radius 3 is 2.90 bits per heavy atom. The van der Waals surface area contributed by atoms with Gasteiger partial charge < -0.3 is 10.1 Å². The number of methoxy groups -OCH3 is 1. The van der Waals surface area contributed by atoms with Gasteiger partial charge in [0.15, 0.2) is 0 Å². The second kappa shape index (κ2) is 6.67. The van der Waals surface area contributed by atoms with Gasteiger partial charge in [-0.2, -0.15) is 10.2 Å². The molecule has 0 saturated heterocycles. The number of ether oxygens (including phenoxy) is 1. The van der Waals surface area contributed by atoms with Gasteiger partial charge in [-0.05, 0) is 22.0 Å². The zero-order valence-electron chi connectivity index (χ0n) is 11.3. The first-order chi connectivity index (χ1) is 9.63. The van der Waals surface area contributed by atoms with Crippen molar-refractivity contribution in [2.75, 3.05) is 19.0 Å². The number of nitrogens with one attached hydrogen (secondary N) is 1. The average Bonchev–Trinajstić information content (AvgIpc) is 2.85. The molecule has 0 spiro atoms. The van der Waals surface area contributed by atoms with Crippen LogP contribution in [-0.2, 0) is 24.9 Å². The molecule has 2 aromatic heterocycles. The van der Waals surface area contributed by atoms with Gasteiger partial charge in [-0.25, -0.2) is 4.68 Å². The molecule has 0 radical (unpaired) electrons. The van der Waals surface area contributed by atoms with Gasteiger partial charge in [0.05, 0.1) is 37.3 Å². The van der Waals surface area contributed by atoms with Crippen LogP contribution >= 0.6 is 15.9 Å². The van der Waals surface area contributed by atoms with E-state index in [4.69, 9.17) is 4.74 Å². The van der Waals surface area contributed by atoms with E-state index in [1.54, 1.807) is 24.2 Å². The highest BCUT2D eigenvalue weighted by Crippen LogP contribution is 2.16. The van der Waals surface area contributed by atoms with Gasteiger partial charge in [-0.15, -0.1) is 0 Å². The third kappa shape index (κ3) is 3.26. The molecule has 0 aromatic carbocycles. The van der Waals surface area contributed by atoms with Crippen molar-refractivity contribution < 1.29 is 4.74 Å². The molecular formula is C12H16BrN5O2. The normalized spacial score (nSPS) is 10.8. The number of hydrogen-bond acceptors (Lipinski definition) is 5. The van der Waals surface area contributed by atoms with Gasteiger partial charge in [0, 0.05) is 20.4 Å². The van der Waals surface area contributed by atoms with Crippen LogP contribution in [-0.4, -0.2) is 33.3 Å². The van der Waals surface area contributed by atoms with Crippen LogP contribution in [0.25, 0.3) is 0 Å². The van der Waals surface area contributed by atoms with E-state index in [1.165, 1.54) is 4.68 Å². The molecule has 2 aromatic rings. The highest BCUT2D eigenvalue weighted by Gasteiger charge is 2.09. The summed E-state index contributed by atoms with van der Waals surface area (Å²) in [4.78, 5) is 12.1. The van der Waals surface area contributed by atoms with Gasteiger partial charge >= 0.3 is 0 Å². The predicted octanol–water partition coefficient (Wildman–Crippen LogP) is 0.998. The molecule has 0 aliphatic rings. The van der Waals surface area contributed by atoms with Crippen molar-refractivity contribution in [3.8, 4) is 0 Å². The van der Waals surface area contributed by atoms with Gasteiger partial charge in [0.25, 0.3) is 5.56 Å². The minimum absolute atomic E-state index is 0.183. The smallest absolute Gasteiger partial charge is 0.283 e. The number of aromatic nitrogens is 4. The minimum atomic E-state index is -0.183. The summed E-state index contributed by atoms with van der Waals surface area (Å²) in [6, 6.07) is 1.91. The molecule has 0 aliphatic carbocycles. The summed E-state index contributed by atoms with van der Waals surface area (Å²) in [7, 11) is 3.46. The highest BCUT2D eigenvalue weighted by molar-refractivity contribution is 9.10. The van der Waals surface area contributed by atoms with Crippen molar-refractivity contribution in [1.82, 2.24) is 19.6 Å². The average molecular weight is 342 g/mol. The van der Waals surface area contributed by atoms with Crippen LogP contribution in [0, 0.1) is 0 Å². The Kier molecular flexibility index (Phi) is 4.91. The monoisotopic (exact) mass is 341 g/mol. The molecule has 0 unspecified atom stereocenters. The summed E-state index contributed by atoms with van der Waals surface area (Å²) in [6.07, 6.45) is 3.35. The lowest BCUT2D eigenvalue weighted by atomic mass is 10.4. The lowest BCUT2D eigenvalue weighted by molar-refractivity contribution is 0.181. The summed E-state index contributed by atoms with van der Waals surface area (Å²) in [5, 5.41) is 11.4. The Labute approximate surface area is 124 Å². The third-order valence-electron chi connectivity index (χ3n) is 2.87. The number of hydrogen-bond donors (Lipinski definition) is 1. The molecule has 2 heterocycles. The SMILES string of the molecule is COCCn1ncc(NCc2ccnn2C)c(Br)c1=O. The zero-order valence-corrected chi connectivity index (χ0v) is 12.9. The summed E-state index contributed by atoms with van der Waals surface area (Å²) in [5.41, 5.74) is 1.49. The predicted molar refractivity (Wildman–Crippen MR) is 78.6 cm³/mol. The molecule has 0 fully saturated rings. The molecule has 8 heteroatoms. The molecule has 108 valence electrons. The van der Waals surface area contributed by atoms with Crippen LogP contribution in [0.3, 0.4) is 0 Å². The van der Waals surface area contributed by atoms with E-state index < -0.39 is 0 Å². The number of rotatable bonds is 6. The number of anilines is 1. The van der Waals surface area contributed by atoms with Crippen LogP contribution in [0.1, 0.15) is 5.69 Å². The fourth-order valence-electron chi connectivity index (χ4n) is 1.69. The lowest BCUT2D eigenvalue weighted by Crippen LogP contribution is -2.26. The Morgan fingerprint density at radius 2 is 2.25 bits per heavy atom. The van der Waals surface area contributed by atoms with E-state index in [-0.39, 0.29) is 5.56 Å². The van der Waals surface area contributed by atoms with Gasteiger partial charge in [-0.1, -0.05) is 0 Å². The van der Waals surface area contributed by atoms with Crippen molar-refractivity contribution in [1.29, 1.82) is 0 Å². The van der Waals surface area contributed by atoms with Crippen LogP contribution in [0.2, 0.25) is 0 Å². The molecule has 0 aliphatic heterocycles. The van der Waals surface area contributed by atoms with Crippen LogP contribution in [0.15, 0.2) is 27.7 Å². The minimum Gasteiger partial charge on any atom is -0.383 e. The van der Waals surface area contributed by atoms with E-state index >= 15 is 0 Å². The summed E-state index contributed by atoms with van der Waals surface area (Å²) in [5.74, 6) is 0. The largest absolute Gasteiger partial charge is 0.383 e. The molecule has 0 bridgehead atoms. The first-order valence-corrected chi connectivity index (χ1v) is 6.88. The highest BCUT2D eigenvalue weighted by atomic mass is 79.9. The maximum absolute atomic E-state index is 12.1. The van der Waals surface area contributed by atoms with E-state index in [9.17, 15) is 4.79 Å². The maximum atomic E-state index is 12.1. The topological polar surface area (TPSA) is 74.0 Å². The fraction of sp³-hybridized carbons (Fsp3) is 0.417. The van der Waals surface area contributed by atoms with Gasteiger partial charge in [0.2, 0.25) is 0 Å². The van der Waals surface area contributed by atoms with Gasteiger partial charge in [-0.3, -0.25) is 9.48 Å².